The highest BCUT2D eigenvalue weighted by Gasteiger charge is 2.26. The number of hydrazine groups is 1. The first-order valence-corrected chi connectivity index (χ1v) is 13.8. The Morgan fingerprint density at radius 3 is 2.52 bits per heavy atom. The second-order valence-corrected chi connectivity index (χ2v) is 10.7. The second-order valence-electron chi connectivity index (χ2n) is 8.95. The molecule has 3 rings (SSSR count). The summed E-state index contributed by atoms with van der Waals surface area (Å²) in [7, 11) is -3.27. The first-order valence-electron chi connectivity index (χ1n) is 11.9. The molecule has 0 aliphatic heterocycles. The lowest BCUT2D eigenvalue weighted by atomic mass is 9.87. The number of rotatable bonds is 12. The van der Waals surface area contributed by atoms with Crippen molar-refractivity contribution in [2.45, 2.75) is 64.3 Å². The Labute approximate surface area is 197 Å². The Kier molecular flexibility index (Phi) is 9.00. The molecule has 0 saturated carbocycles. The van der Waals surface area contributed by atoms with Gasteiger partial charge in [0.15, 0.2) is 11.5 Å². The fraction of sp³-hybridized carbons (Fsp3) is 0.520. The van der Waals surface area contributed by atoms with Gasteiger partial charge in [0.25, 0.3) is 0 Å². The van der Waals surface area contributed by atoms with Gasteiger partial charge in [-0.2, -0.15) is 0 Å². The van der Waals surface area contributed by atoms with E-state index >= 15 is 0 Å². The molecule has 33 heavy (non-hydrogen) atoms. The van der Waals surface area contributed by atoms with Crippen molar-refractivity contribution in [2.75, 3.05) is 24.1 Å². The van der Waals surface area contributed by atoms with E-state index in [1.54, 1.807) is 18.2 Å². The zero-order valence-electron chi connectivity index (χ0n) is 19.7. The Balaban J connectivity index is 1.59. The Morgan fingerprint density at radius 2 is 1.82 bits per heavy atom. The molecular formula is C25H37N3O4S. The van der Waals surface area contributed by atoms with Crippen LogP contribution in [0.15, 0.2) is 36.4 Å². The average Bonchev–Trinajstić information content (AvgIpc) is 2.78. The van der Waals surface area contributed by atoms with Crippen molar-refractivity contribution in [3.8, 4) is 11.5 Å². The molecule has 0 radical (unpaired) electrons. The van der Waals surface area contributed by atoms with Crippen LogP contribution in [-0.4, -0.2) is 49.0 Å². The van der Waals surface area contributed by atoms with Crippen LogP contribution in [0.2, 0.25) is 0 Å². The van der Waals surface area contributed by atoms with E-state index in [0.717, 1.165) is 68.1 Å². The number of phenolic OH excluding ortho intramolecular Hbond substituents is 2. The minimum atomic E-state index is -3.27. The lowest BCUT2D eigenvalue weighted by Gasteiger charge is -2.36. The van der Waals surface area contributed by atoms with Crippen molar-refractivity contribution in [1.82, 2.24) is 10.4 Å². The van der Waals surface area contributed by atoms with E-state index in [1.165, 1.54) is 19.3 Å². The molecule has 7 nitrogen and oxygen atoms in total. The van der Waals surface area contributed by atoms with Gasteiger partial charge in [-0.3, -0.25) is 10.1 Å². The highest BCUT2D eigenvalue weighted by molar-refractivity contribution is 7.92. The normalized spacial score (nSPS) is 16.0. The maximum absolute atomic E-state index is 11.4. The van der Waals surface area contributed by atoms with Crippen molar-refractivity contribution in [3.63, 3.8) is 0 Å². The predicted molar refractivity (Wildman–Crippen MR) is 133 cm³/mol. The molecule has 1 atom stereocenters. The lowest BCUT2D eigenvalue weighted by molar-refractivity contribution is 0.109. The van der Waals surface area contributed by atoms with Crippen LogP contribution < -0.4 is 10.1 Å². The van der Waals surface area contributed by atoms with E-state index in [2.05, 4.69) is 22.1 Å². The molecule has 4 N–H and O–H groups in total. The zero-order chi connectivity index (χ0) is 23.8. The van der Waals surface area contributed by atoms with Gasteiger partial charge < -0.3 is 10.2 Å². The van der Waals surface area contributed by atoms with E-state index in [1.807, 2.05) is 18.2 Å². The van der Waals surface area contributed by atoms with Gasteiger partial charge in [-0.15, -0.1) is 0 Å². The van der Waals surface area contributed by atoms with E-state index in [9.17, 15) is 18.6 Å². The third kappa shape index (κ3) is 7.62. The number of nitrogens with one attached hydrogen (secondary N) is 2. The summed E-state index contributed by atoms with van der Waals surface area (Å²) in [5, 5.41) is 22.4. The number of benzene rings is 2. The number of nitrogens with zero attached hydrogens (tertiary/aromatic N) is 1. The van der Waals surface area contributed by atoms with E-state index in [-0.39, 0.29) is 11.5 Å². The van der Waals surface area contributed by atoms with Crippen LogP contribution in [0.1, 0.15) is 55.7 Å². The number of unbranched alkanes of at least 4 members (excludes halogenated alkanes) is 3. The van der Waals surface area contributed by atoms with Gasteiger partial charge in [0, 0.05) is 30.4 Å². The minimum absolute atomic E-state index is 0.0298. The largest absolute Gasteiger partial charge is 0.504 e. The Hall–Kier alpha value is -2.29. The fourth-order valence-electron chi connectivity index (χ4n) is 4.47. The molecule has 182 valence electrons. The van der Waals surface area contributed by atoms with Crippen LogP contribution in [0.3, 0.4) is 0 Å². The van der Waals surface area contributed by atoms with Crippen LogP contribution in [0, 0.1) is 0 Å². The molecule has 1 aliphatic rings. The van der Waals surface area contributed by atoms with Crippen molar-refractivity contribution in [1.29, 1.82) is 0 Å². The molecule has 1 aliphatic carbocycles. The molecule has 8 heteroatoms. The number of hydrogen-bond acceptors (Lipinski definition) is 6. The molecular weight excluding hydrogens is 438 g/mol. The molecule has 0 saturated heterocycles. The van der Waals surface area contributed by atoms with Crippen molar-refractivity contribution in [3.05, 3.63) is 53.1 Å². The van der Waals surface area contributed by atoms with Gasteiger partial charge in [0.1, 0.15) is 0 Å². The summed E-state index contributed by atoms with van der Waals surface area (Å²) >= 11 is 0. The third-order valence-corrected chi connectivity index (χ3v) is 6.83. The first-order chi connectivity index (χ1) is 15.8. The number of fused-ring (bicyclic) bond motifs is 1. The third-order valence-electron chi connectivity index (χ3n) is 6.22. The summed E-state index contributed by atoms with van der Waals surface area (Å²) in [5.74, 6) is -0.0123. The summed E-state index contributed by atoms with van der Waals surface area (Å²) < 4.78 is 25.2. The monoisotopic (exact) mass is 475 g/mol. The molecule has 0 amide bonds. The lowest BCUT2D eigenvalue weighted by Crippen LogP contribution is -2.49. The van der Waals surface area contributed by atoms with Gasteiger partial charge >= 0.3 is 0 Å². The van der Waals surface area contributed by atoms with E-state index in [0.29, 0.717) is 11.7 Å². The molecule has 0 spiro atoms. The minimum Gasteiger partial charge on any atom is -0.504 e. The molecule has 1 unspecified atom stereocenters. The average molecular weight is 476 g/mol. The summed E-state index contributed by atoms with van der Waals surface area (Å²) in [6.07, 6.45) is 9.29. The molecule has 2 aromatic rings. The number of sulfonamides is 1. The summed E-state index contributed by atoms with van der Waals surface area (Å²) in [5.41, 5.74) is 7.33. The van der Waals surface area contributed by atoms with Crippen LogP contribution in [-0.2, 0) is 29.3 Å². The van der Waals surface area contributed by atoms with E-state index in [4.69, 9.17) is 0 Å². The molecule has 0 heterocycles. The van der Waals surface area contributed by atoms with Gasteiger partial charge in [-0.25, -0.2) is 13.4 Å². The van der Waals surface area contributed by atoms with Crippen molar-refractivity contribution < 1.29 is 18.6 Å². The predicted octanol–water partition coefficient (Wildman–Crippen LogP) is 3.96. The zero-order valence-corrected chi connectivity index (χ0v) is 20.5. The van der Waals surface area contributed by atoms with Gasteiger partial charge in [0.05, 0.1) is 6.26 Å². The van der Waals surface area contributed by atoms with E-state index < -0.39 is 10.0 Å². The summed E-state index contributed by atoms with van der Waals surface area (Å²) in [6, 6.07) is 11.3. The van der Waals surface area contributed by atoms with Crippen LogP contribution in [0.25, 0.3) is 0 Å². The van der Waals surface area contributed by atoms with Gasteiger partial charge in [0.2, 0.25) is 10.0 Å². The van der Waals surface area contributed by atoms with Crippen LogP contribution in [0.5, 0.6) is 11.5 Å². The fourth-order valence-corrected chi connectivity index (χ4v) is 5.03. The molecule has 0 aromatic heterocycles. The van der Waals surface area contributed by atoms with Crippen molar-refractivity contribution in [2.24, 2.45) is 0 Å². The number of phenols is 2. The highest BCUT2D eigenvalue weighted by atomic mass is 32.2. The first kappa shape index (κ1) is 25.3. The number of anilines is 1. The summed E-state index contributed by atoms with van der Waals surface area (Å²) in [6.45, 7) is 3.98. The topological polar surface area (TPSA) is 102 Å². The van der Waals surface area contributed by atoms with Gasteiger partial charge in [-0.1, -0.05) is 44.4 Å². The molecule has 2 aromatic carbocycles. The smallest absolute Gasteiger partial charge is 0.229 e. The maximum atomic E-state index is 11.4. The second kappa shape index (κ2) is 11.7. The van der Waals surface area contributed by atoms with Crippen LogP contribution >= 0.6 is 0 Å². The van der Waals surface area contributed by atoms with Crippen LogP contribution in [0.4, 0.5) is 5.69 Å². The Morgan fingerprint density at radius 1 is 1.06 bits per heavy atom. The molecule has 0 bridgehead atoms. The highest BCUT2D eigenvalue weighted by Crippen LogP contribution is 2.36. The molecule has 0 fully saturated rings. The standard InChI is InChI=1S/C25H37N3O4S/c1-3-4-5-6-17-28(22-12-13-23-20(18-22)9-14-24(29)25(23)30)26-16-15-19-7-10-21(11-8-19)27-33(2,31)32/h7-11,14,22,26-27,29-30H,3-6,12-13,15-18H2,1-2H3. The number of aromatic hydroxyl groups is 2. The summed E-state index contributed by atoms with van der Waals surface area (Å²) in [4.78, 5) is 0. The SMILES string of the molecule is CCCCCCN(NCCc1ccc(NS(C)(=O)=O)cc1)C1CCc2c(ccc(O)c2O)C1. The Bertz CT molecular complexity index is 1010. The number of hydrogen-bond donors (Lipinski definition) is 4. The van der Waals surface area contributed by atoms with Gasteiger partial charge in [-0.05, 0) is 61.4 Å². The quantitative estimate of drug-likeness (QED) is 0.211. The van der Waals surface area contributed by atoms with Crippen molar-refractivity contribution >= 4 is 15.7 Å². The maximum Gasteiger partial charge on any atom is 0.229 e.